The van der Waals surface area contributed by atoms with Gasteiger partial charge in [0.15, 0.2) is 0 Å². The number of aryl methyl sites for hydroxylation is 1. The highest BCUT2D eigenvalue weighted by Gasteiger charge is 2.29. The minimum atomic E-state index is -5.00. The van der Waals surface area contributed by atoms with Crippen molar-refractivity contribution in [2.24, 2.45) is 0 Å². The van der Waals surface area contributed by atoms with Crippen LogP contribution in [0.4, 0.5) is 12.9 Å². The molecule has 0 aromatic heterocycles. The van der Waals surface area contributed by atoms with E-state index in [4.69, 9.17) is 4.74 Å². The van der Waals surface area contributed by atoms with Crippen LogP contribution in [0.15, 0.2) is 18.2 Å². The van der Waals surface area contributed by atoms with Crippen LogP contribution in [0, 0.1) is 6.92 Å². The Hall–Kier alpha value is -1.13. The molecule has 0 bridgehead atoms. The molecule has 0 atom stereocenters. The van der Waals surface area contributed by atoms with Crippen molar-refractivity contribution >= 4 is 12.4 Å². The van der Waals surface area contributed by atoms with E-state index in [-0.39, 0.29) is 5.75 Å². The zero-order valence-corrected chi connectivity index (χ0v) is 9.47. The molecule has 0 aliphatic carbocycles. The number of hydrogen-bond donors (Lipinski definition) is 0. The zero-order chi connectivity index (χ0) is 12.2. The van der Waals surface area contributed by atoms with Gasteiger partial charge in [0.05, 0.1) is 12.4 Å². The van der Waals surface area contributed by atoms with E-state index < -0.39 is 12.4 Å². The lowest BCUT2D eigenvalue weighted by molar-refractivity contribution is 0.310. The first-order chi connectivity index (χ1) is 7.45. The fourth-order valence-corrected chi connectivity index (χ4v) is 1.38. The van der Waals surface area contributed by atoms with Crippen LogP contribution in [-0.4, -0.2) is 13.6 Å². The molecule has 1 rings (SSSR count). The second kappa shape index (κ2) is 5.28. The molecule has 1 aromatic carbocycles. The molecular weight excluding hydrogens is 216 g/mol. The summed E-state index contributed by atoms with van der Waals surface area (Å²) in [6.07, 6.45) is 1.66. The van der Waals surface area contributed by atoms with Gasteiger partial charge < -0.3 is 17.7 Å². The van der Waals surface area contributed by atoms with Gasteiger partial charge >= 0.3 is 6.98 Å². The summed E-state index contributed by atoms with van der Waals surface area (Å²) >= 11 is 0. The van der Waals surface area contributed by atoms with Crippen molar-refractivity contribution in [3.8, 4) is 5.75 Å². The minimum absolute atomic E-state index is 0.0495. The molecule has 0 heterocycles. The van der Waals surface area contributed by atoms with Crippen LogP contribution in [0.3, 0.4) is 0 Å². The summed E-state index contributed by atoms with van der Waals surface area (Å²) in [5.74, 6) is -0.0495. The summed E-state index contributed by atoms with van der Waals surface area (Å²) in [6, 6.07) is 4.17. The summed E-state index contributed by atoms with van der Waals surface area (Å²) in [5.41, 5.74) is -0.0341. The van der Waals surface area contributed by atoms with E-state index in [1.165, 1.54) is 6.07 Å². The first-order valence-electron chi connectivity index (χ1n) is 5.38. The highest BCUT2D eigenvalue weighted by molar-refractivity contribution is 6.74. The Morgan fingerprint density at radius 2 is 1.94 bits per heavy atom. The average Bonchev–Trinajstić information content (AvgIpc) is 2.19. The number of ether oxygens (including phenoxy) is 1. The van der Waals surface area contributed by atoms with Crippen molar-refractivity contribution in [3.05, 3.63) is 23.8 Å². The molecule has 0 aliphatic rings. The molecule has 1 nitrogen and oxygen atoms in total. The normalized spacial score (nSPS) is 11.6. The van der Waals surface area contributed by atoms with E-state index in [0.29, 0.717) is 12.2 Å². The largest absolute Gasteiger partial charge is 0.513 e. The van der Waals surface area contributed by atoms with Gasteiger partial charge in [0.25, 0.3) is 0 Å². The molecule has 0 aliphatic heterocycles. The number of benzene rings is 1. The first-order valence-corrected chi connectivity index (χ1v) is 5.38. The van der Waals surface area contributed by atoms with Gasteiger partial charge in [-0.25, -0.2) is 0 Å². The van der Waals surface area contributed by atoms with Crippen molar-refractivity contribution < 1.29 is 17.7 Å². The second-order valence-corrected chi connectivity index (χ2v) is 3.82. The quantitative estimate of drug-likeness (QED) is 0.558. The van der Waals surface area contributed by atoms with Crippen LogP contribution >= 0.6 is 0 Å². The second-order valence-electron chi connectivity index (χ2n) is 3.82. The third-order valence-corrected chi connectivity index (χ3v) is 2.27. The Balaban J connectivity index is 2.90. The Bertz CT molecular complexity index is 350. The number of rotatable bonds is 5. The lowest BCUT2D eigenvalue weighted by atomic mass is 9.78. The van der Waals surface area contributed by atoms with Crippen molar-refractivity contribution in [2.45, 2.75) is 26.7 Å². The van der Waals surface area contributed by atoms with Gasteiger partial charge in [-0.2, -0.15) is 0 Å². The Labute approximate surface area is 93.7 Å². The van der Waals surface area contributed by atoms with E-state index in [9.17, 15) is 12.9 Å². The van der Waals surface area contributed by atoms with E-state index in [1.54, 1.807) is 13.0 Å². The van der Waals surface area contributed by atoms with Gasteiger partial charge in [-0.05, 0) is 19.4 Å². The summed E-state index contributed by atoms with van der Waals surface area (Å²) in [7, 11) is 0. The third kappa shape index (κ3) is 3.47. The smallest absolute Gasteiger partial charge is 0.497 e. The first kappa shape index (κ1) is 12.9. The third-order valence-electron chi connectivity index (χ3n) is 2.27. The molecule has 90 valence electrons. The van der Waals surface area contributed by atoms with Crippen molar-refractivity contribution in [1.29, 1.82) is 0 Å². The van der Waals surface area contributed by atoms with Crippen LogP contribution in [0.5, 0.6) is 5.75 Å². The topological polar surface area (TPSA) is 9.23 Å². The van der Waals surface area contributed by atoms with Crippen LogP contribution in [0.25, 0.3) is 0 Å². The molecule has 0 unspecified atom stereocenters. The Morgan fingerprint density at radius 1 is 1.25 bits per heavy atom. The molecular formula is C11H15BF3O-. The van der Waals surface area contributed by atoms with Gasteiger partial charge in [0.2, 0.25) is 0 Å². The van der Waals surface area contributed by atoms with Crippen molar-refractivity contribution in [2.75, 3.05) is 6.61 Å². The molecule has 0 fully saturated rings. The minimum Gasteiger partial charge on any atom is -0.497 e. The summed E-state index contributed by atoms with van der Waals surface area (Å²) < 4.78 is 43.3. The highest BCUT2D eigenvalue weighted by Crippen LogP contribution is 2.19. The summed E-state index contributed by atoms with van der Waals surface area (Å²) in [4.78, 5) is 0. The molecule has 16 heavy (non-hydrogen) atoms. The Kier molecular flexibility index (Phi) is 4.27. The zero-order valence-electron chi connectivity index (χ0n) is 9.47. The van der Waals surface area contributed by atoms with Crippen LogP contribution < -0.4 is 10.2 Å². The SMILES string of the molecule is CCCCOc1ccc(C)cc1[B-](F)(F)F. The highest BCUT2D eigenvalue weighted by atomic mass is 19.4. The molecule has 0 N–H and O–H groups in total. The maximum absolute atomic E-state index is 12.7. The summed E-state index contributed by atoms with van der Waals surface area (Å²) in [6.45, 7) is -1.06. The number of unbranched alkanes of at least 4 members (excludes halogenated alkanes) is 1. The molecule has 0 saturated heterocycles. The standard InChI is InChI=1S/C11H15BF3O/c1-3-4-7-16-11-6-5-9(2)8-10(11)12(13,14)15/h5-6,8H,3-4,7H2,1-2H3/q-1. The maximum atomic E-state index is 12.7. The molecule has 0 spiro atoms. The van der Waals surface area contributed by atoms with Crippen LogP contribution in [0.2, 0.25) is 0 Å². The monoisotopic (exact) mass is 231 g/mol. The molecule has 0 amide bonds. The van der Waals surface area contributed by atoms with Gasteiger partial charge in [0.1, 0.15) is 0 Å². The fraction of sp³-hybridized carbons (Fsp3) is 0.455. The fourth-order valence-electron chi connectivity index (χ4n) is 1.38. The lowest BCUT2D eigenvalue weighted by Crippen LogP contribution is -2.35. The van der Waals surface area contributed by atoms with Gasteiger partial charge in [-0.3, -0.25) is 0 Å². The van der Waals surface area contributed by atoms with Crippen molar-refractivity contribution in [1.82, 2.24) is 0 Å². The average molecular weight is 231 g/mol. The van der Waals surface area contributed by atoms with E-state index in [0.717, 1.165) is 18.9 Å². The molecule has 1 aromatic rings. The molecule has 0 radical (unpaired) electrons. The van der Waals surface area contributed by atoms with Crippen molar-refractivity contribution in [3.63, 3.8) is 0 Å². The van der Waals surface area contributed by atoms with E-state index in [2.05, 4.69) is 0 Å². The predicted octanol–water partition coefficient (Wildman–Crippen LogP) is 3.23. The van der Waals surface area contributed by atoms with Crippen LogP contribution in [-0.2, 0) is 0 Å². The summed E-state index contributed by atoms with van der Waals surface area (Å²) in [5, 5.41) is 0. The number of halogens is 3. The van der Waals surface area contributed by atoms with Gasteiger partial charge in [0, 0.05) is 0 Å². The lowest BCUT2D eigenvalue weighted by Gasteiger charge is -2.20. The van der Waals surface area contributed by atoms with E-state index in [1.807, 2.05) is 6.92 Å². The van der Waals surface area contributed by atoms with Gasteiger partial charge in [-0.15, -0.1) is 0 Å². The maximum Gasteiger partial charge on any atom is 0.513 e. The van der Waals surface area contributed by atoms with Crippen LogP contribution in [0.1, 0.15) is 25.3 Å². The number of hydrogen-bond acceptors (Lipinski definition) is 1. The molecule has 5 heteroatoms. The predicted molar refractivity (Wildman–Crippen MR) is 60.3 cm³/mol. The molecule has 0 saturated carbocycles. The Morgan fingerprint density at radius 3 is 2.50 bits per heavy atom. The van der Waals surface area contributed by atoms with E-state index >= 15 is 0 Å². The van der Waals surface area contributed by atoms with Gasteiger partial charge in [-0.1, -0.05) is 36.5 Å².